The van der Waals surface area contributed by atoms with Crippen molar-refractivity contribution in [1.29, 1.82) is 0 Å². The Bertz CT molecular complexity index is 1550. The first-order chi connectivity index (χ1) is 18.6. The number of fused-ring (bicyclic) bond motifs is 2. The van der Waals surface area contributed by atoms with Gasteiger partial charge in [0.1, 0.15) is 11.5 Å². The average molecular weight is 510 g/mol. The van der Waals surface area contributed by atoms with Crippen molar-refractivity contribution < 1.29 is 9.59 Å². The highest BCUT2D eigenvalue weighted by molar-refractivity contribution is 5.86. The fourth-order valence-corrected chi connectivity index (χ4v) is 4.65. The molecule has 4 heterocycles. The van der Waals surface area contributed by atoms with E-state index in [2.05, 4.69) is 48.8 Å². The fourth-order valence-electron chi connectivity index (χ4n) is 4.65. The minimum absolute atomic E-state index is 0.0455. The van der Waals surface area contributed by atoms with Gasteiger partial charge in [-0.3, -0.25) is 14.6 Å². The number of imidazole rings is 2. The van der Waals surface area contributed by atoms with E-state index in [9.17, 15) is 9.59 Å². The fraction of sp³-hybridized carbons (Fsp3) is 0.276. The molecule has 0 aliphatic carbocycles. The van der Waals surface area contributed by atoms with Gasteiger partial charge in [0.05, 0.1) is 30.0 Å². The summed E-state index contributed by atoms with van der Waals surface area (Å²) in [5, 5.41) is 8.01. The van der Waals surface area contributed by atoms with Gasteiger partial charge in [0, 0.05) is 49.2 Å². The molecule has 5 rings (SSSR count). The van der Waals surface area contributed by atoms with Crippen LogP contribution in [-0.2, 0) is 16.0 Å². The Labute approximate surface area is 220 Å². The predicted octanol–water partition coefficient (Wildman–Crippen LogP) is 4.37. The second kappa shape index (κ2) is 11.7. The molecule has 0 bridgehead atoms. The molecule has 0 saturated heterocycles. The number of carbonyl (C=O) groups is 2. The summed E-state index contributed by atoms with van der Waals surface area (Å²) < 4.78 is 1.92. The lowest BCUT2D eigenvalue weighted by molar-refractivity contribution is -0.121. The number of rotatable bonds is 11. The van der Waals surface area contributed by atoms with Crippen LogP contribution >= 0.6 is 0 Å². The van der Waals surface area contributed by atoms with Crippen LogP contribution in [0.3, 0.4) is 0 Å². The monoisotopic (exact) mass is 509 g/mol. The van der Waals surface area contributed by atoms with Crippen LogP contribution in [0.4, 0.5) is 0 Å². The van der Waals surface area contributed by atoms with Crippen LogP contribution in [0.25, 0.3) is 27.7 Å². The van der Waals surface area contributed by atoms with E-state index < -0.39 is 0 Å². The first-order valence-electron chi connectivity index (χ1n) is 12.9. The highest BCUT2D eigenvalue weighted by Crippen LogP contribution is 2.25. The van der Waals surface area contributed by atoms with Crippen LogP contribution in [0.1, 0.15) is 49.7 Å². The molecule has 1 atom stereocenters. The summed E-state index contributed by atoms with van der Waals surface area (Å²) in [6.07, 6.45) is 13.1. The van der Waals surface area contributed by atoms with Crippen LogP contribution < -0.4 is 10.6 Å². The Balaban J connectivity index is 1.31. The van der Waals surface area contributed by atoms with Crippen LogP contribution in [-0.4, -0.2) is 43.2 Å². The molecule has 0 unspecified atom stereocenters. The number of H-pyrrole nitrogens is 1. The maximum absolute atomic E-state index is 13.1. The topological polar surface area (TPSA) is 117 Å². The van der Waals surface area contributed by atoms with Crippen LogP contribution in [0, 0.1) is 0 Å². The Kier molecular flexibility index (Phi) is 7.73. The maximum Gasteiger partial charge on any atom is 0.226 e. The zero-order valence-electron chi connectivity index (χ0n) is 21.4. The summed E-state index contributed by atoms with van der Waals surface area (Å²) in [5.74, 6) is 0.661. The lowest BCUT2D eigenvalue weighted by Gasteiger charge is -2.17. The molecule has 0 aliphatic heterocycles. The van der Waals surface area contributed by atoms with Crippen molar-refractivity contribution >= 4 is 28.2 Å². The molecule has 0 aliphatic rings. The summed E-state index contributed by atoms with van der Waals surface area (Å²) in [7, 11) is 1.65. The van der Waals surface area contributed by atoms with Gasteiger partial charge in [-0.15, -0.1) is 0 Å². The van der Waals surface area contributed by atoms with E-state index in [1.807, 2.05) is 47.3 Å². The van der Waals surface area contributed by atoms with Crippen LogP contribution in [0.2, 0.25) is 0 Å². The summed E-state index contributed by atoms with van der Waals surface area (Å²) in [6.45, 7) is 0. The van der Waals surface area contributed by atoms with Crippen molar-refractivity contribution in [3.05, 3.63) is 85.0 Å². The molecule has 38 heavy (non-hydrogen) atoms. The van der Waals surface area contributed by atoms with Gasteiger partial charge in [0.25, 0.3) is 0 Å². The summed E-state index contributed by atoms with van der Waals surface area (Å²) in [4.78, 5) is 41.4. The van der Waals surface area contributed by atoms with Gasteiger partial charge in [0.15, 0.2) is 0 Å². The first kappa shape index (κ1) is 25.1. The third-order valence-corrected chi connectivity index (χ3v) is 6.72. The number of pyridine rings is 2. The number of nitrogens with one attached hydrogen (secondary N) is 3. The summed E-state index contributed by atoms with van der Waals surface area (Å²) in [5.41, 5.74) is 3.52. The number of benzene rings is 1. The van der Waals surface area contributed by atoms with Gasteiger partial charge >= 0.3 is 0 Å². The molecule has 3 N–H and O–H groups in total. The molecule has 4 aromatic heterocycles. The molecule has 0 saturated carbocycles. The number of hydrogen-bond acceptors (Lipinski definition) is 5. The highest BCUT2D eigenvalue weighted by atomic mass is 16.2. The SMILES string of the molecule is CNC(=O)CCCCC[C@H](NC(=O)Cc1cnc2ccccn12)c1ncc(-c2ccc3ccncc3c2)[nH]1. The number of aromatic amines is 1. The van der Waals surface area contributed by atoms with Crippen molar-refractivity contribution in [1.82, 2.24) is 35.0 Å². The molecule has 5 aromatic rings. The number of carbonyl (C=O) groups excluding carboxylic acids is 2. The Hall–Kier alpha value is -4.53. The van der Waals surface area contributed by atoms with E-state index >= 15 is 0 Å². The molecule has 194 valence electrons. The standard InChI is InChI=1S/C29H31N7O2/c1-30-27(37)9-4-2-3-7-24(34-28(38)16-23-18-32-26-8-5-6-14-36(23)26)29-33-19-25(35-29)21-11-10-20-12-13-31-17-22(20)15-21/h5-6,8,10-15,17-19,24H,2-4,7,9,16H2,1H3,(H,30,37)(H,33,35)(H,34,38)/t24-/m0/s1. The van der Waals surface area contributed by atoms with Crippen molar-refractivity contribution in [3.8, 4) is 11.3 Å². The van der Waals surface area contributed by atoms with Crippen molar-refractivity contribution in [2.45, 2.75) is 44.6 Å². The average Bonchev–Trinajstić information content (AvgIpc) is 3.60. The largest absolute Gasteiger partial charge is 0.359 e. The highest BCUT2D eigenvalue weighted by Gasteiger charge is 2.19. The van der Waals surface area contributed by atoms with Gasteiger partial charge in [-0.1, -0.05) is 31.0 Å². The Morgan fingerprint density at radius 3 is 2.79 bits per heavy atom. The Morgan fingerprint density at radius 2 is 1.89 bits per heavy atom. The van der Waals surface area contributed by atoms with Crippen LogP contribution in [0.5, 0.6) is 0 Å². The number of hydrogen-bond donors (Lipinski definition) is 3. The van der Waals surface area contributed by atoms with E-state index in [-0.39, 0.29) is 24.3 Å². The van der Waals surface area contributed by atoms with Gasteiger partial charge in [-0.05, 0) is 42.5 Å². The van der Waals surface area contributed by atoms with Gasteiger partial charge in [-0.25, -0.2) is 9.97 Å². The summed E-state index contributed by atoms with van der Waals surface area (Å²) in [6, 6.07) is 13.7. The van der Waals surface area contributed by atoms with E-state index in [1.54, 1.807) is 19.4 Å². The lowest BCUT2D eigenvalue weighted by atomic mass is 10.1. The minimum Gasteiger partial charge on any atom is -0.359 e. The van der Waals surface area contributed by atoms with Crippen LogP contribution in [0.15, 0.2) is 73.4 Å². The normalized spacial score (nSPS) is 12.0. The zero-order valence-corrected chi connectivity index (χ0v) is 21.4. The molecule has 0 fully saturated rings. The van der Waals surface area contributed by atoms with Gasteiger partial charge < -0.3 is 20.0 Å². The molecule has 2 amide bonds. The summed E-state index contributed by atoms with van der Waals surface area (Å²) >= 11 is 0. The molecule has 0 radical (unpaired) electrons. The van der Waals surface area contributed by atoms with Crippen molar-refractivity contribution in [2.24, 2.45) is 0 Å². The maximum atomic E-state index is 13.1. The number of amides is 2. The third kappa shape index (κ3) is 5.88. The van der Waals surface area contributed by atoms with E-state index in [1.165, 1.54) is 0 Å². The minimum atomic E-state index is -0.280. The first-order valence-corrected chi connectivity index (χ1v) is 12.9. The zero-order chi connectivity index (χ0) is 26.3. The molecule has 9 nitrogen and oxygen atoms in total. The van der Waals surface area contributed by atoms with Crippen molar-refractivity contribution in [2.75, 3.05) is 7.05 Å². The van der Waals surface area contributed by atoms with E-state index in [0.717, 1.165) is 52.6 Å². The number of aromatic nitrogens is 5. The second-order valence-electron chi connectivity index (χ2n) is 9.37. The molecule has 1 aromatic carbocycles. The van der Waals surface area contributed by atoms with Crippen molar-refractivity contribution in [3.63, 3.8) is 0 Å². The van der Waals surface area contributed by atoms with Gasteiger partial charge in [0.2, 0.25) is 11.8 Å². The van der Waals surface area contributed by atoms with E-state index in [4.69, 9.17) is 0 Å². The quantitative estimate of drug-likeness (QED) is 0.229. The Morgan fingerprint density at radius 1 is 0.974 bits per heavy atom. The second-order valence-corrected chi connectivity index (χ2v) is 9.37. The predicted molar refractivity (Wildman–Crippen MR) is 146 cm³/mol. The smallest absolute Gasteiger partial charge is 0.226 e. The van der Waals surface area contributed by atoms with Gasteiger partial charge in [-0.2, -0.15) is 0 Å². The number of nitrogens with zero attached hydrogens (tertiary/aromatic N) is 4. The molecule has 9 heteroatoms. The molecular formula is C29H31N7O2. The number of unbranched alkanes of at least 4 members (excludes halogenated alkanes) is 2. The third-order valence-electron chi connectivity index (χ3n) is 6.72. The molecule has 0 spiro atoms. The lowest BCUT2D eigenvalue weighted by Crippen LogP contribution is -2.31. The molecular weight excluding hydrogens is 478 g/mol. The van der Waals surface area contributed by atoms with E-state index in [0.29, 0.717) is 18.7 Å².